The van der Waals surface area contributed by atoms with Crippen LogP contribution in [0.4, 0.5) is 14.5 Å². The van der Waals surface area contributed by atoms with Crippen LogP contribution in [-0.2, 0) is 10.0 Å². The molecule has 1 aliphatic rings. The second-order valence-electron chi connectivity index (χ2n) is 11.6. The van der Waals surface area contributed by atoms with Gasteiger partial charge in [-0.3, -0.25) is 9.10 Å². The lowest BCUT2D eigenvalue weighted by molar-refractivity contribution is 0.0964. The maximum atomic E-state index is 15.4. The summed E-state index contributed by atoms with van der Waals surface area (Å²) in [6.07, 6.45) is 0.489. The lowest BCUT2D eigenvalue weighted by Crippen LogP contribution is -2.25. The third-order valence-corrected chi connectivity index (χ3v) is 10.8. The molecule has 1 aliphatic heterocycles. The molecule has 0 fully saturated rings. The van der Waals surface area contributed by atoms with Gasteiger partial charge in [0.1, 0.15) is 34.4 Å². The van der Waals surface area contributed by atoms with Crippen LogP contribution in [0.15, 0.2) is 88.7 Å². The van der Waals surface area contributed by atoms with Crippen molar-refractivity contribution >= 4 is 54.8 Å². The van der Waals surface area contributed by atoms with E-state index in [1.807, 2.05) is 17.5 Å². The second-order valence-corrected chi connectivity index (χ2v) is 14.6. The summed E-state index contributed by atoms with van der Waals surface area (Å²) in [5.74, 6) is -0.666. The van der Waals surface area contributed by atoms with E-state index in [9.17, 15) is 17.6 Å². The Morgan fingerprint density at radius 1 is 1.04 bits per heavy atom. The monoisotopic (exact) mass is 696 g/mol. The van der Waals surface area contributed by atoms with Crippen LogP contribution in [0.3, 0.4) is 0 Å². The van der Waals surface area contributed by atoms with Crippen LogP contribution in [0.1, 0.15) is 26.9 Å². The van der Waals surface area contributed by atoms with Gasteiger partial charge in [-0.15, -0.1) is 11.3 Å². The van der Waals surface area contributed by atoms with E-state index in [0.717, 1.165) is 15.4 Å². The van der Waals surface area contributed by atoms with Crippen molar-refractivity contribution in [3.63, 3.8) is 0 Å². The molecule has 1 atom stereocenters. The molecule has 0 radical (unpaired) electrons. The first-order valence-corrected chi connectivity index (χ1v) is 17.8. The molecule has 3 aromatic carbocycles. The Bertz CT molecular complexity index is 2560. The zero-order chi connectivity index (χ0) is 34.2. The van der Waals surface area contributed by atoms with Gasteiger partial charge in [-0.25, -0.2) is 22.2 Å². The summed E-state index contributed by atoms with van der Waals surface area (Å²) in [5.41, 5.74) is 4.04. The highest BCUT2D eigenvalue weighted by Gasteiger charge is 2.35. The third kappa shape index (κ3) is 4.96. The number of pyridine rings is 1. The first-order valence-electron chi connectivity index (χ1n) is 15.1. The summed E-state index contributed by atoms with van der Waals surface area (Å²) in [4.78, 5) is 22.6. The van der Waals surface area contributed by atoms with Gasteiger partial charge in [-0.1, -0.05) is 12.1 Å². The van der Waals surface area contributed by atoms with Crippen LogP contribution in [0.2, 0.25) is 0 Å². The van der Waals surface area contributed by atoms with Crippen LogP contribution in [-0.4, -0.2) is 44.6 Å². The van der Waals surface area contributed by atoms with Gasteiger partial charge in [0.05, 0.1) is 28.9 Å². The van der Waals surface area contributed by atoms with E-state index < -0.39 is 33.7 Å². The molecular weight excluding hydrogens is 671 g/mol. The molecular formula is C36H26F2N4O5S2. The SMILES string of the molecule is CNC(=O)c1c(-c2ccc(F)cc2)oc2cc(N(C)S(C)(=O)=O)c(-c3ccc4c(n3)-c3[nH]c5cccc(F)c5c3C(c3cccs3)O4)cc12. The smallest absolute Gasteiger partial charge is 0.255 e. The van der Waals surface area contributed by atoms with Crippen molar-refractivity contribution in [1.29, 1.82) is 0 Å². The van der Waals surface area contributed by atoms with E-state index >= 15 is 4.39 Å². The van der Waals surface area contributed by atoms with Gasteiger partial charge in [0.25, 0.3) is 5.91 Å². The highest BCUT2D eigenvalue weighted by molar-refractivity contribution is 7.92. The standard InChI is InChI=1S/C36H26F2N4O5S2/c1-39-36(43)29-21-16-20(25(42(2)49(3,44)45)17-27(21)47-34(29)18-9-11-19(37)12-10-18)23-13-14-26-32(40-23)33-31(35(46-26)28-8-5-15-48-28)30-22(38)6-4-7-24(30)41-33/h4-17,35,41H,1-3H3,(H,39,43). The molecule has 0 bridgehead atoms. The van der Waals surface area contributed by atoms with Gasteiger partial charge in [0.15, 0.2) is 6.10 Å². The molecule has 246 valence electrons. The highest BCUT2D eigenvalue weighted by atomic mass is 32.2. The van der Waals surface area contributed by atoms with Crippen molar-refractivity contribution < 1.29 is 31.1 Å². The number of nitrogens with one attached hydrogen (secondary N) is 2. The maximum absolute atomic E-state index is 15.4. The lowest BCUT2D eigenvalue weighted by atomic mass is 9.97. The number of carbonyl (C=O) groups is 1. The number of hydrogen-bond acceptors (Lipinski definition) is 7. The second kappa shape index (κ2) is 11.3. The molecule has 2 N–H and O–H groups in total. The molecule has 0 aliphatic carbocycles. The molecule has 9 nitrogen and oxygen atoms in total. The van der Waals surface area contributed by atoms with Gasteiger partial charge in [0, 0.05) is 58.0 Å². The van der Waals surface area contributed by atoms with Crippen LogP contribution < -0.4 is 14.4 Å². The quantitative estimate of drug-likeness (QED) is 0.183. The van der Waals surface area contributed by atoms with E-state index in [0.29, 0.717) is 55.8 Å². The minimum Gasteiger partial charge on any atom is -0.478 e. The third-order valence-electron chi connectivity index (χ3n) is 8.70. The van der Waals surface area contributed by atoms with Gasteiger partial charge >= 0.3 is 0 Å². The molecule has 13 heteroatoms. The molecule has 8 rings (SSSR count). The number of amides is 1. The van der Waals surface area contributed by atoms with Gasteiger partial charge in [-0.05, 0) is 66.0 Å². The van der Waals surface area contributed by atoms with Crippen molar-refractivity contribution in [3.8, 4) is 39.7 Å². The van der Waals surface area contributed by atoms with E-state index in [-0.39, 0.29) is 22.6 Å². The van der Waals surface area contributed by atoms with Crippen molar-refractivity contribution in [3.05, 3.63) is 112 Å². The van der Waals surface area contributed by atoms with Crippen molar-refractivity contribution in [2.45, 2.75) is 6.10 Å². The minimum absolute atomic E-state index is 0.187. The van der Waals surface area contributed by atoms with Crippen molar-refractivity contribution in [2.24, 2.45) is 0 Å². The van der Waals surface area contributed by atoms with E-state index in [1.165, 1.54) is 55.8 Å². The zero-order valence-corrected chi connectivity index (χ0v) is 27.8. The molecule has 4 aromatic heterocycles. The Labute approximate surface area is 282 Å². The molecule has 49 heavy (non-hydrogen) atoms. The molecule has 7 aromatic rings. The predicted molar refractivity (Wildman–Crippen MR) is 186 cm³/mol. The van der Waals surface area contributed by atoms with Crippen molar-refractivity contribution in [2.75, 3.05) is 24.7 Å². The molecule has 0 saturated carbocycles. The van der Waals surface area contributed by atoms with Crippen LogP contribution in [0.5, 0.6) is 5.75 Å². The number of nitrogens with zero attached hydrogens (tertiary/aromatic N) is 2. The average Bonchev–Trinajstić information content (AvgIpc) is 3.85. The van der Waals surface area contributed by atoms with Crippen molar-refractivity contribution in [1.82, 2.24) is 15.3 Å². The minimum atomic E-state index is -3.79. The fourth-order valence-electron chi connectivity index (χ4n) is 6.31. The fraction of sp³-hybridized carbons (Fsp3) is 0.111. The number of ether oxygens (including phenoxy) is 1. The number of anilines is 1. The Morgan fingerprint density at radius 2 is 1.84 bits per heavy atom. The molecule has 5 heterocycles. The summed E-state index contributed by atoms with van der Waals surface area (Å²) in [6, 6.07) is 20.8. The predicted octanol–water partition coefficient (Wildman–Crippen LogP) is 7.89. The summed E-state index contributed by atoms with van der Waals surface area (Å²) < 4.78 is 68.9. The normalized spacial score (nSPS) is 14.0. The number of aromatic nitrogens is 2. The van der Waals surface area contributed by atoms with Crippen LogP contribution in [0, 0.1) is 11.6 Å². The first-order chi connectivity index (χ1) is 23.5. The van der Waals surface area contributed by atoms with E-state index in [2.05, 4.69) is 10.3 Å². The number of H-pyrrole nitrogens is 1. The first kappa shape index (κ1) is 30.8. The van der Waals surface area contributed by atoms with E-state index in [4.69, 9.17) is 14.1 Å². The van der Waals surface area contributed by atoms with Crippen LogP contribution >= 0.6 is 11.3 Å². The molecule has 1 amide bonds. The van der Waals surface area contributed by atoms with E-state index in [1.54, 1.807) is 36.4 Å². The molecule has 0 spiro atoms. The zero-order valence-electron chi connectivity index (χ0n) is 26.2. The fourth-order valence-corrected chi connectivity index (χ4v) is 7.58. The Balaban J connectivity index is 1.38. The lowest BCUT2D eigenvalue weighted by Gasteiger charge is -2.26. The summed E-state index contributed by atoms with van der Waals surface area (Å²) >= 11 is 1.50. The molecule has 0 saturated heterocycles. The number of carbonyl (C=O) groups excluding carboxylic acids is 1. The average molecular weight is 697 g/mol. The van der Waals surface area contributed by atoms with Gasteiger partial charge in [0.2, 0.25) is 10.0 Å². The number of fused-ring (bicyclic) bond motifs is 6. The number of rotatable bonds is 6. The Kier molecular flexibility index (Phi) is 7.09. The number of benzene rings is 3. The Morgan fingerprint density at radius 3 is 2.55 bits per heavy atom. The summed E-state index contributed by atoms with van der Waals surface area (Å²) in [5, 5.41) is 5.36. The highest BCUT2D eigenvalue weighted by Crippen LogP contribution is 2.49. The number of aromatic amines is 1. The Hall–Kier alpha value is -5.53. The number of halogens is 2. The van der Waals surface area contributed by atoms with Gasteiger partial charge < -0.3 is 19.5 Å². The van der Waals surface area contributed by atoms with Crippen LogP contribution in [0.25, 0.3) is 55.8 Å². The summed E-state index contributed by atoms with van der Waals surface area (Å²) in [6.45, 7) is 0. The summed E-state index contributed by atoms with van der Waals surface area (Å²) in [7, 11) is -0.890. The number of hydrogen-bond donors (Lipinski definition) is 2. The maximum Gasteiger partial charge on any atom is 0.255 e. The van der Waals surface area contributed by atoms with Gasteiger partial charge in [-0.2, -0.15) is 0 Å². The topological polar surface area (TPSA) is 118 Å². The number of thiophene rings is 1. The molecule has 1 unspecified atom stereocenters. The number of sulfonamides is 1. The number of furan rings is 1. The largest absolute Gasteiger partial charge is 0.478 e.